The molecule has 0 bridgehead atoms. The summed E-state index contributed by atoms with van der Waals surface area (Å²) >= 11 is 18.5. The Labute approximate surface area is 137 Å². The molecule has 0 saturated carbocycles. The number of rotatable bonds is 2. The molecule has 0 amide bonds. The number of halogens is 3. The summed E-state index contributed by atoms with van der Waals surface area (Å²) in [6.07, 6.45) is 3.22. The summed E-state index contributed by atoms with van der Waals surface area (Å²) in [5.41, 5.74) is 3.20. The molecule has 104 valence electrons. The Morgan fingerprint density at radius 3 is 2.14 bits per heavy atom. The van der Waals surface area contributed by atoms with Crippen LogP contribution in [-0.2, 0) is 0 Å². The molecule has 1 aromatic heterocycles. The Morgan fingerprint density at radius 2 is 1.48 bits per heavy atom. The van der Waals surface area contributed by atoms with Crippen LogP contribution in [0.3, 0.4) is 0 Å². The van der Waals surface area contributed by atoms with E-state index in [1.165, 1.54) is 6.33 Å². The predicted molar refractivity (Wildman–Crippen MR) is 87.9 cm³/mol. The highest BCUT2D eigenvalue weighted by Gasteiger charge is 2.15. The van der Waals surface area contributed by atoms with Gasteiger partial charge in [0.1, 0.15) is 6.33 Å². The highest BCUT2D eigenvalue weighted by atomic mass is 35.5. The van der Waals surface area contributed by atoms with E-state index < -0.39 is 0 Å². The van der Waals surface area contributed by atoms with E-state index in [2.05, 4.69) is 9.97 Å². The van der Waals surface area contributed by atoms with E-state index in [-0.39, 0.29) is 0 Å². The summed E-state index contributed by atoms with van der Waals surface area (Å²) < 4.78 is 0. The Bertz CT molecular complexity index is 766. The van der Waals surface area contributed by atoms with Crippen molar-refractivity contribution in [3.05, 3.63) is 70.1 Å². The second-order valence-corrected chi connectivity index (χ2v) is 5.64. The van der Waals surface area contributed by atoms with Crippen molar-refractivity contribution in [2.75, 3.05) is 0 Å². The first-order valence-electron chi connectivity index (χ1n) is 6.17. The van der Waals surface area contributed by atoms with Crippen LogP contribution in [0.5, 0.6) is 0 Å². The maximum Gasteiger partial charge on any atom is 0.116 e. The zero-order valence-corrected chi connectivity index (χ0v) is 13.0. The van der Waals surface area contributed by atoms with Crippen LogP contribution >= 0.6 is 34.8 Å². The van der Waals surface area contributed by atoms with Crippen LogP contribution in [-0.4, -0.2) is 9.97 Å². The third-order valence-electron chi connectivity index (χ3n) is 3.07. The second kappa shape index (κ2) is 6.02. The molecule has 0 aliphatic carbocycles. The number of aromatic nitrogens is 2. The minimum absolute atomic E-state index is 0.552. The molecule has 0 spiro atoms. The molecule has 0 aliphatic rings. The third-order valence-corrected chi connectivity index (χ3v) is 3.95. The smallest absolute Gasteiger partial charge is 0.116 e. The topological polar surface area (TPSA) is 25.8 Å². The van der Waals surface area contributed by atoms with Crippen molar-refractivity contribution < 1.29 is 0 Å². The quantitative estimate of drug-likeness (QED) is 0.594. The van der Waals surface area contributed by atoms with Gasteiger partial charge in [-0.25, -0.2) is 9.97 Å². The monoisotopic (exact) mass is 334 g/mol. The molecule has 1 heterocycles. The van der Waals surface area contributed by atoms with Crippen LogP contribution in [0.25, 0.3) is 22.4 Å². The van der Waals surface area contributed by atoms with Gasteiger partial charge in [-0.15, -0.1) is 0 Å². The van der Waals surface area contributed by atoms with E-state index in [0.29, 0.717) is 26.3 Å². The molecule has 2 aromatic carbocycles. The van der Waals surface area contributed by atoms with Crippen molar-refractivity contribution in [1.82, 2.24) is 9.97 Å². The first-order chi connectivity index (χ1) is 10.2. The molecule has 0 atom stereocenters. The van der Waals surface area contributed by atoms with Gasteiger partial charge in [0.25, 0.3) is 0 Å². The molecule has 0 aliphatic heterocycles. The van der Waals surface area contributed by atoms with Crippen molar-refractivity contribution in [2.45, 2.75) is 0 Å². The first-order valence-corrected chi connectivity index (χ1v) is 7.30. The molecule has 21 heavy (non-hydrogen) atoms. The van der Waals surface area contributed by atoms with Crippen LogP contribution in [0.2, 0.25) is 15.1 Å². The highest BCUT2D eigenvalue weighted by molar-refractivity contribution is 6.39. The Hall–Kier alpha value is -1.61. The summed E-state index contributed by atoms with van der Waals surface area (Å²) in [7, 11) is 0. The van der Waals surface area contributed by atoms with Gasteiger partial charge in [-0.2, -0.15) is 0 Å². The normalized spacial score (nSPS) is 10.6. The van der Waals surface area contributed by atoms with Gasteiger partial charge in [0.05, 0.1) is 15.7 Å². The van der Waals surface area contributed by atoms with E-state index in [1.807, 2.05) is 24.3 Å². The van der Waals surface area contributed by atoms with Gasteiger partial charge >= 0.3 is 0 Å². The lowest BCUT2D eigenvalue weighted by Crippen LogP contribution is -1.92. The lowest BCUT2D eigenvalue weighted by molar-refractivity contribution is 1.17. The van der Waals surface area contributed by atoms with E-state index in [9.17, 15) is 0 Å². The van der Waals surface area contributed by atoms with E-state index in [1.54, 1.807) is 24.4 Å². The molecular formula is C16H9Cl3N2. The van der Waals surface area contributed by atoms with Crippen molar-refractivity contribution in [3.8, 4) is 22.4 Å². The summed E-state index contributed by atoms with van der Waals surface area (Å²) in [6.45, 7) is 0. The summed E-state index contributed by atoms with van der Waals surface area (Å²) in [4.78, 5) is 8.46. The number of hydrogen-bond donors (Lipinski definition) is 0. The van der Waals surface area contributed by atoms with Crippen LogP contribution < -0.4 is 0 Å². The standard InChI is InChI=1S/C16H9Cl3N2/c17-11-6-4-10(5-7-11)12-8-20-9-21-16(12)15-13(18)2-1-3-14(15)19/h1-9H. The Morgan fingerprint density at radius 1 is 0.810 bits per heavy atom. The van der Waals surface area contributed by atoms with Gasteiger partial charge in [-0.3, -0.25) is 0 Å². The molecule has 0 fully saturated rings. The van der Waals surface area contributed by atoms with E-state index in [0.717, 1.165) is 11.1 Å². The zero-order chi connectivity index (χ0) is 14.8. The van der Waals surface area contributed by atoms with Gasteiger partial charge in [-0.05, 0) is 29.8 Å². The lowest BCUT2D eigenvalue weighted by atomic mass is 10.0. The molecule has 0 unspecified atom stereocenters. The largest absolute Gasteiger partial charge is 0.244 e. The van der Waals surface area contributed by atoms with E-state index >= 15 is 0 Å². The molecule has 5 heteroatoms. The van der Waals surface area contributed by atoms with E-state index in [4.69, 9.17) is 34.8 Å². The van der Waals surface area contributed by atoms with Crippen molar-refractivity contribution in [3.63, 3.8) is 0 Å². The van der Waals surface area contributed by atoms with Crippen molar-refractivity contribution >= 4 is 34.8 Å². The molecule has 0 N–H and O–H groups in total. The fourth-order valence-corrected chi connectivity index (χ4v) is 2.80. The molecule has 2 nitrogen and oxygen atoms in total. The first kappa shape index (κ1) is 14.3. The minimum atomic E-state index is 0.552. The van der Waals surface area contributed by atoms with Crippen LogP contribution in [0, 0.1) is 0 Å². The minimum Gasteiger partial charge on any atom is -0.244 e. The fraction of sp³-hybridized carbons (Fsp3) is 0. The molecular weight excluding hydrogens is 327 g/mol. The van der Waals surface area contributed by atoms with Crippen LogP contribution in [0.1, 0.15) is 0 Å². The highest BCUT2D eigenvalue weighted by Crippen LogP contribution is 2.38. The van der Waals surface area contributed by atoms with Gasteiger partial charge in [0.2, 0.25) is 0 Å². The van der Waals surface area contributed by atoms with Gasteiger partial charge < -0.3 is 0 Å². The third kappa shape index (κ3) is 2.88. The average Bonchev–Trinajstić information content (AvgIpc) is 2.48. The maximum absolute atomic E-state index is 6.28. The predicted octanol–water partition coefficient (Wildman–Crippen LogP) is 5.77. The van der Waals surface area contributed by atoms with Gasteiger partial charge in [0.15, 0.2) is 0 Å². The number of nitrogens with zero attached hydrogens (tertiary/aromatic N) is 2. The molecule has 0 saturated heterocycles. The number of benzene rings is 2. The SMILES string of the molecule is Clc1ccc(-c2cncnc2-c2c(Cl)cccc2Cl)cc1. The van der Waals surface area contributed by atoms with Crippen LogP contribution in [0.15, 0.2) is 55.0 Å². The second-order valence-electron chi connectivity index (χ2n) is 4.39. The fourth-order valence-electron chi connectivity index (χ4n) is 2.09. The van der Waals surface area contributed by atoms with Crippen LogP contribution in [0.4, 0.5) is 0 Å². The Balaban J connectivity index is 2.23. The summed E-state index contributed by atoms with van der Waals surface area (Å²) in [5, 5.41) is 1.78. The summed E-state index contributed by atoms with van der Waals surface area (Å²) in [5.74, 6) is 0. The summed E-state index contributed by atoms with van der Waals surface area (Å²) in [6, 6.07) is 12.8. The Kier molecular flexibility index (Phi) is 4.11. The van der Waals surface area contributed by atoms with Gasteiger partial charge in [0, 0.05) is 22.3 Å². The lowest BCUT2D eigenvalue weighted by Gasteiger charge is -2.11. The molecule has 0 radical (unpaired) electrons. The van der Waals surface area contributed by atoms with Gasteiger partial charge in [-0.1, -0.05) is 53.0 Å². The maximum atomic E-state index is 6.28. The average molecular weight is 336 g/mol. The molecule has 3 rings (SSSR count). The van der Waals surface area contributed by atoms with Crippen molar-refractivity contribution in [1.29, 1.82) is 0 Å². The van der Waals surface area contributed by atoms with Crippen molar-refractivity contribution in [2.24, 2.45) is 0 Å². The number of hydrogen-bond acceptors (Lipinski definition) is 2. The molecule has 3 aromatic rings. The zero-order valence-electron chi connectivity index (χ0n) is 10.7.